The van der Waals surface area contributed by atoms with Gasteiger partial charge in [0.05, 0.1) is 5.92 Å². The Kier molecular flexibility index (Phi) is 5.48. The summed E-state index contributed by atoms with van der Waals surface area (Å²) in [6, 6.07) is 13.8. The van der Waals surface area contributed by atoms with Crippen LogP contribution < -0.4 is 10.6 Å². The van der Waals surface area contributed by atoms with Gasteiger partial charge in [-0.15, -0.1) is 0 Å². The molecule has 2 aromatic rings. The van der Waals surface area contributed by atoms with Crippen LogP contribution in [0.25, 0.3) is 0 Å². The Labute approximate surface area is 150 Å². The molecule has 0 radical (unpaired) electrons. The Balaban J connectivity index is 1.63. The van der Waals surface area contributed by atoms with Gasteiger partial charge >= 0.3 is 0 Å². The number of nitrogens with two attached hydrogens (primary N) is 1. The van der Waals surface area contributed by atoms with Crippen LogP contribution in [0.15, 0.2) is 53.1 Å². The van der Waals surface area contributed by atoms with Crippen molar-refractivity contribution in [3.05, 3.63) is 58.7 Å². The van der Waals surface area contributed by atoms with E-state index in [4.69, 9.17) is 5.73 Å². The number of carbonyl (C=O) groups is 1. The van der Waals surface area contributed by atoms with E-state index in [-0.39, 0.29) is 11.8 Å². The quantitative estimate of drug-likeness (QED) is 0.871. The SMILES string of the molecule is NCC(C(=O)N1CCN(c2ccc(Br)cn2)CC1)c1ccccc1. The Morgan fingerprint density at radius 3 is 2.42 bits per heavy atom. The molecule has 1 atom stereocenters. The molecule has 24 heavy (non-hydrogen) atoms. The molecule has 0 aliphatic carbocycles. The van der Waals surface area contributed by atoms with Gasteiger partial charge in [-0.3, -0.25) is 4.79 Å². The summed E-state index contributed by atoms with van der Waals surface area (Å²) >= 11 is 3.40. The van der Waals surface area contributed by atoms with Crippen molar-refractivity contribution in [3.63, 3.8) is 0 Å². The lowest BCUT2D eigenvalue weighted by Gasteiger charge is -2.37. The monoisotopic (exact) mass is 388 g/mol. The number of hydrogen-bond acceptors (Lipinski definition) is 4. The second-order valence-electron chi connectivity index (χ2n) is 5.85. The van der Waals surface area contributed by atoms with Crippen LogP contribution in [-0.4, -0.2) is 48.5 Å². The molecule has 1 fully saturated rings. The van der Waals surface area contributed by atoms with Crippen LogP contribution in [0.3, 0.4) is 0 Å². The maximum atomic E-state index is 12.8. The molecule has 1 saturated heterocycles. The summed E-state index contributed by atoms with van der Waals surface area (Å²) < 4.78 is 0.966. The lowest BCUT2D eigenvalue weighted by molar-refractivity contribution is -0.132. The van der Waals surface area contributed by atoms with Crippen LogP contribution in [0.2, 0.25) is 0 Å². The van der Waals surface area contributed by atoms with E-state index in [9.17, 15) is 4.79 Å². The van der Waals surface area contributed by atoms with Gasteiger partial charge in [-0.1, -0.05) is 30.3 Å². The molecule has 0 bridgehead atoms. The Morgan fingerprint density at radius 1 is 1.12 bits per heavy atom. The number of piperazine rings is 1. The average molecular weight is 389 g/mol. The zero-order valence-electron chi connectivity index (χ0n) is 13.4. The fourth-order valence-corrected chi connectivity index (χ4v) is 3.23. The third kappa shape index (κ3) is 3.76. The Hall–Kier alpha value is -1.92. The molecule has 1 aliphatic heterocycles. The van der Waals surface area contributed by atoms with Gasteiger partial charge in [0.1, 0.15) is 5.82 Å². The summed E-state index contributed by atoms with van der Waals surface area (Å²) in [6.07, 6.45) is 1.80. The van der Waals surface area contributed by atoms with E-state index >= 15 is 0 Å². The highest BCUT2D eigenvalue weighted by molar-refractivity contribution is 9.10. The van der Waals surface area contributed by atoms with Crippen molar-refractivity contribution in [3.8, 4) is 0 Å². The second kappa shape index (κ2) is 7.77. The Bertz CT molecular complexity index is 669. The molecular weight excluding hydrogens is 368 g/mol. The molecule has 6 heteroatoms. The van der Waals surface area contributed by atoms with Crippen LogP contribution >= 0.6 is 15.9 Å². The van der Waals surface area contributed by atoms with Gasteiger partial charge in [0.2, 0.25) is 5.91 Å². The number of pyridine rings is 1. The van der Waals surface area contributed by atoms with E-state index in [0.29, 0.717) is 19.6 Å². The maximum absolute atomic E-state index is 12.8. The van der Waals surface area contributed by atoms with Gasteiger partial charge in [-0.05, 0) is 33.6 Å². The number of amides is 1. The fraction of sp³-hybridized carbons (Fsp3) is 0.333. The van der Waals surface area contributed by atoms with Crippen molar-refractivity contribution in [1.29, 1.82) is 0 Å². The summed E-state index contributed by atoms with van der Waals surface area (Å²) in [7, 11) is 0. The van der Waals surface area contributed by atoms with Gasteiger partial charge in [0, 0.05) is 43.4 Å². The van der Waals surface area contributed by atoms with Crippen LogP contribution in [0, 0.1) is 0 Å². The summed E-state index contributed by atoms with van der Waals surface area (Å²) in [6.45, 7) is 3.29. The summed E-state index contributed by atoms with van der Waals surface area (Å²) in [5, 5.41) is 0. The molecule has 0 spiro atoms. The number of hydrogen-bond donors (Lipinski definition) is 1. The van der Waals surface area contributed by atoms with Crippen LogP contribution in [0.1, 0.15) is 11.5 Å². The highest BCUT2D eigenvalue weighted by Gasteiger charge is 2.28. The van der Waals surface area contributed by atoms with Gasteiger partial charge in [-0.25, -0.2) is 4.98 Å². The molecule has 1 aliphatic rings. The van der Waals surface area contributed by atoms with Crippen LogP contribution in [-0.2, 0) is 4.79 Å². The molecule has 1 unspecified atom stereocenters. The normalized spacial score (nSPS) is 16.1. The number of nitrogens with zero attached hydrogens (tertiary/aromatic N) is 3. The third-order valence-corrected chi connectivity index (χ3v) is 4.83. The predicted octanol–water partition coefficient (Wildman–Crippen LogP) is 2.24. The van der Waals surface area contributed by atoms with Gasteiger partial charge in [-0.2, -0.15) is 0 Å². The first-order valence-electron chi connectivity index (χ1n) is 8.09. The number of benzene rings is 1. The smallest absolute Gasteiger partial charge is 0.231 e. The van der Waals surface area contributed by atoms with E-state index in [1.165, 1.54) is 0 Å². The summed E-state index contributed by atoms with van der Waals surface area (Å²) in [5.74, 6) is 0.805. The predicted molar refractivity (Wildman–Crippen MR) is 99.0 cm³/mol. The molecule has 1 amide bonds. The minimum Gasteiger partial charge on any atom is -0.353 e. The molecule has 1 aromatic carbocycles. The standard InChI is InChI=1S/C18H21BrN4O/c19-15-6-7-17(21-13-15)22-8-10-23(11-9-22)18(24)16(12-20)14-4-2-1-3-5-14/h1-7,13,16H,8-12,20H2. The van der Waals surface area contributed by atoms with Gasteiger partial charge in [0.15, 0.2) is 0 Å². The molecule has 126 valence electrons. The van der Waals surface area contributed by atoms with E-state index in [1.54, 1.807) is 6.20 Å². The molecular formula is C18H21BrN4O. The second-order valence-corrected chi connectivity index (χ2v) is 6.76. The third-order valence-electron chi connectivity index (χ3n) is 4.36. The van der Waals surface area contributed by atoms with Crippen LogP contribution in [0.4, 0.5) is 5.82 Å². The number of aromatic nitrogens is 1. The molecule has 3 rings (SSSR count). The number of anilines is 1. The van der Waals surface area contributed by atoms with E-state index < -0.39 is 0 Å². The lowest BCUT2D eigenvalue weighted by Crippen LogP contribution is -2.51. The van der Waals surface area contributed by atoms with E-state index in [0.717, 1.165) is 28.9 Å². The summed E-state index contributed by atoms with van der Waals surface area (Å²) in [4.78, 5) is 21.4. The van der Waals surface area contributed by atoms with Crippen molar-refractivity contribution in [2.75, 3.05) is 37.6 Å². The van der Waals surface area contributed by atoms with E-state index in [1.807, 2.05) is 47.4 Å². The maximum Gasteiger partial charge on any atom is 0.231 e. The highest BCUT2D eigenvalue weighted by atomic mass is 79.9. The zero-order chi connectivity index (χ0) is 16.9. The van der Waals surface area contributed by atoms with Crippen molar-refractivity contribution in [2.45, 2.75) is 5.92 Å². The van der Waals surface area contributed by atoms with Crippen molar-refractivity contribution >= 4 is 27.7 Å². The van der Waals surface area contributed by atoms with Crippen molar-refractivity contribution in [2.24, 2.45) is 5.73 Å². The van der Waals surface area contributed by atoms with E-state index in [2.05, 4.69) is 25.8 Å². The fourth-order valence-electron chi connectivity index (χ4n) is 3.00. The minimum absolute atomic E-state index is 0.118. The van der Waals surface area contributed by atoms with Crippen molar-refractivity contribution < 1.29 is 4.79 Å². The molecule has 0 saturated carbocycles. The molecule has 2 heterocycles. The largest absolute Gasteiger partial charge is 0.353 e. The summed E-state index contributed by atoms with van der Waals surface area (Å²) in [5.41, 5.74) is 6.86. The molecule has 1 aromatic heterocycles. The molecule has 2 N–H and O–H groups in total. The van der Waals surface area contributed by atoms with Gasteiger partial charge in [0.25, 0.3) is 0 Å². The lowest BCUT2D eigenvalue weighted by atomic mass is 9.97. The molecule has 5 nitrogen and oxygen atoms in total. The van der Waals surface area contributed by atoms with Crippen LogP contribution in [0.5, 0.6) is 0 Å². The average Bonchev–Trinajstić information content (AvgIpc) is 2.64. The number of halogens is 1. The highest BCUT2D eigenvalue weighted by Crippen LogP contribution is 2.20. The first-order valence-corrected chi connectivity index (χ1v) is 8.88. The Morgan fingerprint density at radius 2 is 1.83 bits per heavy atom. The minimum atomic E-state index is -0.261. The first kappa shape index (κ1) is 16.9. The number of carbonyl (C=O) groups excluding carboxylic acids is 1. The van der Waals surface area contributed by atoms with Crippen molar-refractivity contribution in [1.82, 2.24) is 9.88 Å². The van der Waals surface area contributed by atoms with Gasteiger partial charge < -0.3 is 15.5 Å². The zero-order valence-corrected chi connectivity index (χ0v) is 15.0. The topological polar surface area (TPSA) is 62.5 Å². The first-order chi connectivity index (χ1) is 11.7. The number of rotatable bonds is 4.